The van der Waals surface area contributed by atoms with Crippen LogP contribution in [0.25, 0.3) is 0 Å². The van der Waals surface area contributed by atoms with Gasteiger partial charge >= 0.3 is 5.97 Å². The number of amides is 1. The third-order valence-corrected chi connectivity index (χ3v) is 4.85. The highest BCUT2D eigenvalue weighted by Crippen LogP contribution is 2.35. The largest absolute Gasteiger partial charge is 0.481 e. The zero-order chi connectivity index (χ0) is 18.4. The summed E-state index contributed by atoms with van der Waals surface area (Å²) in [6.45, 7) is 4.76. The number of piperidine rings is 1. The molecule has 0 bridgehead atoms. The fourth-order valence-corrected chi connectivity index (χ4v) is 3.22. The van der Waals surface area contributed by atoms with Crippen LogP contribution < -0.4 is 0 Å². The van der Waals surface area contributed by atoms with Gasteiger partial charge in [0.2, 0.25) is 5.91 Å². The molecule has 0 aromatic heterocycles. The Morgan fingerprint density at radius 1 is 1.20 bits per heavy atom. The second-order valence-electron chi connectivity index (χ2n) is 7.14. The van der Waals surface area contributed by atoms with E-state index in [2.05, 4.69) is 0 Å². The van der Waals surface area contributed by atoms with E-state index < -0.39 is 11.4 Å². The quantitative estimate of drug-likeness (QED) is 0.777. The normalized spacial score (nSPS) is 20.2. The lowest BCUT2D eigenvalue weighted by molar-refractivity contribution is -0.154. The number of allylic oxidation sites excluding steroid dienone is 2. The predicted octanol–water partition coefficient (Wildman–Crippen LogP) is 2.77. The van der Waals surface area contributed by atoms with Gasteiger partial charge in [-0.25, -0.2) is 0 Å². The van der Waals surface area contributed by atoms with Crippen molar-refractivity contribution in [2.75, 3.05) is 13.1 Å². The summed E-state index contributed by atoms with van der Waals surface area (Å²) in [4.78, 5) is 26.2. The molecule has 25 heavy (non-hydrogen) atoms. The van der Waals surface area contributed by atoms with Crippen LogP contribution in [0.4, 0.5) is 0 Å². The highest BCUT2D eigenvalue weighted by molar-refractivity contribution is 5.81. The van der Waals surface area contributed by atoms with Crippen LogP contribution in [0.1, 0.15) is 44.2 Å². The molecular weight excluding hydrogens is 318 g/mol. The van der Waals surface area contributed by atoms with Crippen molar-refractivity contribution in [1.29, 1.82) is 0 Å². The fourth-order valence-electron chi connectivity index (χ4n) is 3.22. The van der Waals surface area contributed by atoms with Gasteiger partial charge in [0, 0.05) is 13.1 Å². The number of hydrogen-bond acceptors (Lipinski definition) is 3. The molecule has 0 unspecified atom stereocenters. The number of aliphatic carboxylic acids is 1. The molecule has 1 aromatic carbocycles. The number of carbonyl (C=O) groups excluding carboxylic acids is 1. The zero-order valence-corrected chi connectivity index (χ0v) is 15.0. The Kier molecular flexibility index (Phi) is 6.37. The van der Waals surface area contributed by atoms with Crippen molar-refractivity contribution >= 4 is 11.9 Å². The van der Waals surface area contributed by atoms with E-state index in [-0.39, 0.29) is 25.5 Å². The van der Waals surface area contributed by atoms with E-state index in [0.29, 0.717) is 25.8 Å². The molecule has 2 rings (SSSR count). The minimum atomic E-state index is -0.883. The van der Waals surface area contributed by atoms with Crippen LogP contribution in [0.15, 0.2) is 35.9 Å². The van der Waals surface area contributed by atoms with Gasteiger partial charge in [0.25, 0.3) is 0 Å². The predicted molar refractivity (Wildman–Crippen MR) is 96.0 cm³/mol. The number of aliphatic hydroxyl groups excluding tert-OH is 1. The van der Waals surface area contributed by atoms with Gasteiger partial charge in [-0.15, -0.1) is 0 Å². The summed E-state index contributed by atoms with van der Waals surface area (Å²) in [7, 11) is 0. The Bertz CT molecular complexity index is 646. The number of carboxylic acid groups (broad SMARTS) is 1. The molecule has 0 saturated carbocycles. The summed E-state index contributed by atoms with van der Waals surface area (Å²) in [5.74, 6) is -0.867. The smallest absolute Gasteiger partial charge is 0.311 e. The SMILES string of the molecule is CC(C)=CC[C@@]1(C(=O)O)CCCN(C(=O)Cc2ccc(CO)cc2)C1. The van der Waals surface area contributed by atoms with Crippen LogP contribution in [0.3, 0.4) is 0 Å². The molecule has 5 nitrogen and oxygen atoms in total. The first-order chi connectivity index (χ1) is 11.9. The molecule has 1 heterocycles. The Balaban J connectivity index is 2.08. The van der Waals surface area contributed by atoms with Crippen LogP contribution in [0, 0.1) is 5.41 Å². The topological polar surface area (TPSA) is 77.8 Å². The van der Waals surface area contributed by atoms with Gasteiger partial charge in [-0.3, -0.25) is 9.59 Å². The standard InChI is InChI=1S/C20H27NO4/c1-15(2)8-10-20(19(24)25)9-3-11-21(14-20)18(23)12-16-4-6-17(13-22)7-5-16/h4-8,22H,3,9-14H2,1-2H3,(H,24,25)/t20-/m0/s1. The fraction of sp³-hybridized carbons (Fsp3) is 0.500. The molecule has 1 atom stereocenters. The molecule has 0 aliphatic carbocycles. The summed E-state index contributed by atoms with van der Waals surface area (Å²) >= 11 is 0. The molecule has 2 N–H and O–H groups in total. The maximum Gasteiger partial charge on any atom is 0.311 e. The van der Waals surface area contributed by atoms with Crippen LogP contribution >= 0.6 is 0 Å². The third kappa shape index (κ3) is 4.92. The molecule has 1 amide bonds. The Hall–Kier alpha value is -2.14. The molecule has 1 aromatic rings. The lowest BCUT2D eigenvalue weighted by Crippen LogP contribution is -2.50. The summed E-state index contributed by atoms with van der Waals surface area (Å²) in [5, 5.41) is 18.8. The molecule has 5 heteroatoms. The monoisotopic (exact) mass is 345 g/mol. The minimum Gasteiger partial charge on any atom is -0.481 e. The van der Waals surface area contributed by atoms with E-state index >= 15 is 0 Å². The number of nitrogens with zero attached hydrogens (tertiary/aromatic N) is 1. The van der Waals surface area contributed by atoms with Crippen molar-refractivity contribution in [2.24, 2.45) is 5.41 Å². The number of carbonyl (C=O) groups is 2. The van der Waals surface area contributed by atoms with E-state index in [1.54, 1.807) is 17.0 Å². The molecule has 1 aliphatic rings. The average Bonchev–Trinajstić information content (AvgIpc) is 2.60. The lowest BCUT2D eigenvalue weighted by atomic mass is 9.76. The molecule has 1 aliphatic heterocycles. The highest BCUT2D eigenvalue weighted by Gasteiger charge is 2.42. The van der Waals surface area contributed by atoms with E-state index in [4.69, 9.17) is 5.11 Å². The highest BCUT2D eigenvalue weighted by atomic mass is 16.4. The maximum absolute atomic E-state index is 12.6. The number of aliphatic hydroxyl groups is 1. The van der Waals surface area contributed by atoms with Crippen molar-refractivity contribution < 1.29 is 19.8 Å². The van der Waals surface area contributed by atoms with Crippen molar-refractivity contribution in [3.8, 4) is 0 Å². The first-order valence-corrected chi connectivity index (χ1v) is 8.69. The van der Waals surface area contributed by atoms with E-state index in [1.807, 2.05) is 32.1 Å². The van der Waals surface area contributed by atoms with Crippen molar-refractivity contribution in [1.82, 2.24) is 4.90 Å². The Morgan fingerprint density at radius 3 is 2.40 bits per heavy atom. The van der Waals surface area contributed by atoms with Crippen molar-refractivity contribution in [2.45, 2.75) is 46.1 Å². The van der Waals surface area contributed by atoms with Gasteiger partial charge in [0.15, 0.2) is 0 Å². The number of likely N-dealkylation sites (tertiary alicyclic amines) is 1. The minimum absolute atomic E-state index is 0.0220. The van der Waals surface area contributed by atoms with Gasteiger partial charge in [0.1, 0.15) is 0 Å². The van der Waals surface area contributed by atoms with Gasteiger partial charge in [0.05, 0.1) is 18.4 Å². The van der Waals surface area contributed by atoms with E-state index in [0.717, 1.165) is 16.7 Å². The molecular formula is C20H27NO4. The van der Waals surface area contributed by atoms with Crippen molar-refractivity contribution in [3.05, 3.63) is 47.0 Å². The molecule has 1 fully saturated rings. The number of carboxylic acids is 1. The van der Waals surface area contributed by atoms with Crippen LogP contribution in [0.5, 0.6) is 0 Å². The first-order valence-electron chi connectivity index (χ1n) is 8.69. The molecule has 0 radical (unpaired) electrons. The maximum atomic E-state index is 12.6. The molecule has 1 saturated heterocycles. The Morgan fingerprint density at radius 2 is 1.84 bits per heavy atom. The number of hydrogen-bond donors (Lipinski definition) is 2. The lowest BCUT2D eigenvalue weighted by Gasteiger charge is -2.39. The third-order valence-electron chi connectivity index (χ3n) is 4.85. The second-order valence-corrected chi connectivity index (χ2v) is 7.14. The number of benzene rings is 1. The van der Waals surface area contributed by atoms with E-state index in [1.165, 1.54) is 0 Å². The van der Waals surface area contributed by atoms with Crippen LogP contribution in [-0.4, -0.2) is 40.1 Å². The second kappa shape index (κ2) is 8.30. The van der Waals surface area contributed by atoms with Gasteiger partial charge in [-0.2, -0.15) is 0 Å². The van der Waals surface area contributed by atoms with Crippen molar-refractivity contribution in [3.63, 3.8) is 0 Å². The van der Waals surface area contributed by atoms with E-state index in [9.17, 15) is 14.7 Å². The molecule has 0 spiro atoms. The van der Waals surface area contributed by atoms with Crippen LogP contribution in [-0.2, 0) is 22.6 Å². The van der Waals surface area contributed by atoms with Gasteiger partial charge in [-0.1, -0.05) is 35.9 Å². The Labute approximate surface area is 149 Å². The van der Waals surface area contributed by atoms with Gasteiger partial charge < -0.3 is 15.1 Å². The summed E-state index contributed by atoms with van der Waals surface area (Å²) < 4.78 is 0. The molecule has 136 valence electrons. The summed E-state index contributed by atoms with van der Waals surface area (Å²) in [6, 6.07) is 7.27. The summed E-state index contributed by atoms with van der Waals surface area (Å²) in [6.07, 6.45) is 3.97. The average molecular weight is 345 g/mol. The first kappa shape index (κ1) is 19.2. The number of rotatable bonds is 6. The zero-order valence-electron chi connectivity index (χ0n) is 15.0. The summed E-state index contributed by atoms with van der Waals surface area (Å²) in [5.41, 5.74) is 1.89. The van der Waals surface area contributed by atoms with Gasteiger partial charge in [-0.05, 0) is 44.2 Å². The van der Waals surface area contributed by atoms with Crippen LogP contribution in [0.2, 0.25) is 0 Å².